The predicted molar refractivity (Wildman–Crippen MR) is 72.0 cm³/mol. The molecule has 0 unspecified atom stereocenters. The van der Waals surface area contributed by atoms with Crippen LogP contribution < -0.4 is 5.32 Å². The van der Waals surface area contributed by atoms with Gasteiger partial charge in [-0.25, -0.2) is 0 Å². The Morgan fingerprint density at radius 3 is 2.62 bits per heavy atom. The minimum absolute atomic E-state index is 0.149. The number of benzene rings is 1. The second-order valence-electron chi connectivity index (χ2n) is 4.54. The summed E-state index contributed by atoms with van der Waals surface area (Å²) < 4.78 is 38.6. The van der Waals surface area contributed by atoms with Crippen molar-refractivity contribution in [3.05, 3.63) is 47.3 Å². The van der Waals surface area contributed by atoms with Crippen LogP contribution in [0.25, 0.3) is 0 Å². The van der Waals surface area contributed by atoms with E-state index in [9.17, 15) is 18.0 Å². The van der Waals surface area contributed by atoms with Crippen molar-refractivity contribution in [3.63, 3.8) is 0 Å². The van der Waals surface area contributed by atoms with Crippen LogP contribution in [-0.2, 0) is 19.6 Å². The summed E-state index contributed by atoms with van der Waals surface area (Å²) in [7, 11) is 1.30. The van der Waals surface area contributed by atoms with E-state index >= 15 is 0 Å². The highest BCUT2D eigenvalue weighted by atomic mass is 19.4. The SMILES string of the molecule is CCc1cccc(NC(=O)c2cc(C(F)(F)F)nn2C)c1. The molecule has 0 aliphatic heterocycles. The molecule has 1 amide bonds. The summed E-state index contributed by atoms with van der Waals surface area (Å²) in [4.78, 5) is 12.0. The Morgan fingerprint density at radius 2 is 2.05 bits per heavy atom. The molecule has 0 saturated carbocycles. The van der Waals surface area contributed by atoms with Crippen LogP contribution in [0.1, 0.15) is 28.7 Å². The number of carbonyl (C=O) groups excluding carboxylic acids is 1. The van der Waals surface area contributed by atoms with Crippen molar-refractivity contribution in [1.29, 1.82) is 0 Å². The van der Waals surface area contributed by atoms with E-state index in [0.717, 1.165) is 22.7 Å². The highest BCUT2D eigenvalue weighted by Crippen LogP contribution is 2.28. The fourth-order valence-electron chi connectivity index (χ4n) is 1.88. The Bertz CT molecular complexity index is 662. The van der Waals surface area contributed by atoms with Gasteiger partial charge in [-0.1, -0.05) is 19.1 Å². The number of amides is 1. The molecule has 0 spiro atoms. The molecule has 4 nitrogen and oxygen atoms in total. The summed E-state index contributed by atoms with van der Waals surface area (Å²) in [6, 6.07) is 7.87. The van der Waals surface area contributed by atoms with Gasteiger partial charge in [0.2, 0.25) is 0 Å². The molecule has 112 valence electrons. The summed E-state index contributed by atoms with van der Waals surface area (Å²) >= 11 is 0. The van der Waals surface area contributed by atoms with Crippen molar-refractivity contribution in [3.8, 4) is 0 Å². The molecule has 21 heavy (non-hydrogen) atoms. The fraction of sp³-hybridized carbons (Fsp3) is 0.286. The number of rotatable bonds is 3. The largest absolute Gasteiger partial charge is 0.435 e. The third kappa shape index (κ3) is 3.42. The molecule has 1 N–H and O–H groups in total. The standard InChI is InChI=1S/C14H14F3N3O/c1-3-9-5-4-6-10(7-9)18-13(21)11-8-12(14(15,16)17)19-20(11)2/h4-8H,3H2,1-2H3,(H,18,21). The molecule has 1 aromatic carbocycles. The second kappa shape index (κ2) is 5.59. The molecular formula is C14H14F3N3O. The van der Waals surface area contributed by atoms with E-state index in [1.165, 1.54) is 7.05 Å². The van der Waals surface area contributed by atoms with Crippen LogP contribution in [0.3, 0.4) is 0 Å². The molecule has 2 rings (SSSR count). The Kier molecular flexibility index (Phi) is 4.02. The van der Waals surface area contributed by atoms with Crippen LogP contribution in [0.5, 0.6) is 0 Å². The molecule has 0 atom stereocenters. The first-order chi connectivity index (χ1) is 9.81. The topological polar surface area (TPSA) is 46.9 Å². The maximum absolute atomic E-state index is 12.6. The maximum Gasteiger partial charge on any atom is 0.435 e. The van der Waals surface area contributed by atoms with Gasteiger partial charge in [0.05, 0.1) is 0 Å². The molecule has 0 radical (unpaired) electrons. The van der Waals surface area contributed by atoms with Gasteiger partial charge in [-0.3, -0.25) is 9.48 Å². The summed E-state index contributed by atoms with van der Waals surface area (Å²) in [6.07, 6.45) is -3.77. The zero-order valence-corrected chi connectivity index (χ0v) is 11.5. The van der Waals surface area contributed by atoms with Gasteiger partial charge >= 0.3 is 6.18 Å². The molecule has 0 saturated heterocycles. The van der Waals surface area contributed by atoms with E-state index in [-0.39, 0.29) is 5.69 Å². The average Bonchev–Trinajstić information content (AvgIpc) is 2.81. The molecule has 1 aromatic heterocycles. The van der Waals surface area contributed by atoms with Gasteiger partial charge in [-0.15, -0.1) is 0 Å². The van der Waals surface area contributed by atoms with Crippen molar-refractivity contribution in [2.45, 2.75) is 19.5 Å². The van der Waals surface area contributed by atoms with Crippen LogP contribution in [0.4, 0.5) is 18.9 Å². The first kappa shape index (κ1) is 15.1. The molecule has 0 bridgehead atoms. The van der Waals surface area contributed by atoms with Crippen molar-refractivity contribution < 1.29 is 18.0 Å². The summed E-state index contributed by atoms with van der Waals surface area (Å²) in [5.74, 6) is -0.631. The van der Waals surface area contributed by atoms with E-state index in [0.29, 0.717) is 5.69 Å². The number of carbonyl (C=O) groups is 1. The van der Waals surface area contributed by atoms with Gasteiger partial charge in [0.25, 0.3) is 5.91 Å². The van der Waals surface area contributed by atoms with Crippen LogP contribution >= 0.6 is 0 Å². The van der Waals surface area contributed by atoms with E-state index in [1.54, 1.807) is 18.2 Å². The van der Waals surface area contributed by atoms with E-state index < -0.39 is 17.8 Å². The van der Waals surface area contributed by atoms with Crippen LogP contribution in [0, 0.1) is 0 Å². The number of alkyl halides is 3. The summed E-state index contributed by atoms with van der Waals surface area (Å²) in [5.41, 5.74) is 0.324. The Hall–Kier alpha value is -2.31. The van der Waals surface area contributed by atoms with Gasteiger partial charge in [0.1, 0.15) is 5.69 Å². The lowest BCUT2D eigenvalue weighted by atomic mass is 10.1. The zero-order valence-electron chi connectivity index (χ0n) is 11.5. The number of nitrogens with zero attached hydrogens (tertiary/aromatic N) is 2. The third-order valence-corrected chi connectivity index (χ3v) is 3.00. The number of halogens is 3. The lowest BCUT2D eigenvalue weighted by Gasteiger charge is -2.06. The Labute approximate surface area is 119 Å². The van der Waals surface area contributed by atoms with Gasteiger partial charge in [-0.2, -0.15) is 18.3 Å². The van der Waals surface area contributed by atoms with E-state index in [4.69, 9.17) is 0 Å². The number of nitrogens with one attached hydrogen (secondary N) is 1. The van der Waals surface area contributed by atoms with Crippen molar-refractivity contribution >= 4 is 11.6 Å². The summed E-state index contributed by atoms with van der Waals surface area (Å²) in [5, 5.41) is 5.88. The van der Waals surface area contributed by atoms with Crippen LogP contribution in [0.2, 0.25) is 0 Å². The first-order valence-corrected chi connectivity index (χ1v) is 6.32. The first-order valence-electron chi connectivity index (χ1n) is 6.32. The molecule has 0 fully saturated rings. The van der Waals surface area contributed by atoms with Crippen LogP contribution in [0.15, 0.2) is 30.3 Å². The van der Waals surface area contributed by atoms with E-state index in [2.05, 4.69) is 10.4 Å². The average molecular weight is 297 g/mol. The molecular weight excluding hydrogens is 283 g/mol. The predicted octanol–water partition coefficient (Wildman–Crippen LogP) is 3.25. The smallest absolute Gasteiger partial charge is 0.321 e. The monoisotopic (exact) mass is 297 g/mol. The van der Waals surface area contributed by atoms with Gasteiger partial charge in [0.15, 0.2) is 5.69 Å². The maximum atomic E-state index is 12.6. The van der Waals surface area contributed by atoms with Crippen molar-refractivity contribution in [2.24, 2.45) is 7.05 Å². The van der Waals surface area contributed by atoms with Gasteiger partial charge < -0.3 is 5.32 Å². The normalized spacial score (nSPS) is 11.5. The van der Waals surface area contributed by atoms with Crippen molar-refractivity contribution in [2.75, 3.05) is 5.32 Å². The second-order valence-corrected chi connectivity index (χ2v) is 4.54. The highest BCUT2D eigenvalue weighted by Gasteiger charge is 2.35. The fourth-order valence-corrected chi connectivity index (χ4v) is 1.88. The Morgan fingerprint density at radius 1 is 1.33 bits per heavy atom. The minimum Gasteiger partial charge on any atom is -0.321 e. The lowest BCUT2D eigenvalue weighted by molar-refractivity contribution is -0.141. The highest BCUT2D eigenvalue weighted by molar-refractivity contribution is 6.03. The number of aryl methyl sites for hydroxylation is 2. The zero-order chi connectivity index (χ0) is 15.6. The molecule has 2 aromatic rings. The molecule has 0 aliphatic carbocycles. The Balaban J connectivity index is 2.22. The number of anilines is 1. The number of hydrogen-bond acceptors (Lipinski definition) is 2. The molecule has 1 heterocycles. The molecule has 0 aliphatic rings. The summed E-state index contributed by atoms with van der Waals surface area (Å²) in [6.45, 7) is 1.97. The third-order valence-electron chi connectivity index (χ3n) is 3.00. The molecule has 7 heteroatoms. The van der Waals surface area contributed by atoms with Crippen LogP contribution in [-0.4, -0.2) is 15.7 Å². The number of hydrogen-bond donors (Lipinski definition) is 1. The minimum atomic E-state index is -4.57. The van der Waals surface area contributed by atoms with Crippen molar-refractivity contribution in [1.82, 2.24) is 9.78 Å². The van der Waals surface area contributed by atoms with E-state index in [1.807, 2.05) is 13.0 Å². The van der Waals surface area contributed by atoms with Gasteiger partial charge in [0, 0.05) is 18.8 Å². The number of aromatic nitrogens is 2. The lowest BCUT2D eigenvalue weighted by Crippen LogP contribution is -2.16. The van der Waals surface area contributed by atoms with Gasteiger partial charge in [-0.05, 0) is 24.1 Å². The quantitative estimate of drug-likeness (QED) is 0.945.